The van der Waals surface area contributed by atoms with Crippen LogP contribution in [0.4, 0.5) is 0 Å². The van der Waals surface area contributed by atoms with Gasteiger partial charge in [-0.25, -0.2) is 0 Å². The molecule has 0 rings (SSSR count). The molecule has 9 heavy (non-hydrogen) atoms. The fourth-order valence-electron chi connectivity index (χ4n) is 0.348. The average Bonchev–Trinajstić information content (AvgIpc) is 1.83. The Hall–Kier alpha value is 0.210. The third-order valence-corrected chi connectivity index (χ3v) is 1.27. The molecule has 0 spiro atoms. The maximum atomic E-state index is 8.73. The van der Waals surface area contributed by atoms with E-state index in [1.54, 1.807) is 6.92 Å². The number of ether oxygens (including phenoxy) is 1. The van der Waals surface area contributed by atoms with E-state index in [1.807, 2.05) is 6.92 Å². The van der Waals surface area contributed by atoms with Crippen LogP contribution in [-0.2, 0) is 4.74 Å². The van der Waals surface area contributed by atoms with Gasteiger partial charge >= 0.3 is 0 Å². The molecule has 56 valence electrons. The van der Waals surface area contributed by atoms with Gasteiger partial charge in [-0.3, -0.25) is 0 Å². The molecule has 0 heterocycles. The van der Waals surface area contributed by atoms with Crippen molar-refractivity contribution in [2.45, 2.75) is 26.1 Å². The van der Waals surface area contributed by atoms with Gasteiger partial charge in [0.05, 0.1) is 18.8 Å². The zero-order chi connectivity index (χ0) is 7.28. The number of hydrogen-bond acceptors (Lipinski definition) is 2. The second-order valence-corrected chi connectivity index (χ2v) is 2.46. The van der Waals surface area contributed by atoms with E-state index in [0.717, 1.165) is 0 Å². The van der Waals surface area contributed by atoms with E-state index in [2.05, 4.69) is 0 Å². The molecular formula is C6H13ClO2. The summed E-state index contributed by atoms with van der Waals surface area (Å²) in [4.78, 5) is 0. The molecule has 3 heteroatoms. The summed E-state index contributed by atoms with van der Waals surface area (Å²) in [5.74, 6) is 0.479. The monoisotopic (exact) mass is 152 g/mol. The molecule has 1 N–H and O–H groups in total. The van der Waals surface area contributed by atoms with Crippen LogP contribution < -0.4 is 0 Å². The molecule has 0 aliphatic carbocycles. The number of hydrogen-bond donors (Lipinski definition) is 1. The van der Waals surface area contributed by atoms with Crippen molar-refractivity contribution in [3.05, 3.63) is 0 Å². The molecular weight excluding hydrogens is 140 g/mol. The highest BCUT2D eigenvalue weighted by atomic mass is 35.5. The van der Waals surface area contributed by atoms with Crippen molar-refractivity contribution >= 4 is 11.6 Å². The maximum absolute atomic E-state index is 8.73. The van der Waals surface area contributed by atoms with Crippen molar-refractivity contribution in [3.8, 4) is 0 Å². The van der Waals surface area contributed by atoms with Crippen LogP contribution in [0.5, 0.6) is 0 Å². The predicted molar refractivity (Wildman–Crippen MR) is 37.8 cm³/mol. The van der Waals surface area contributed by atoms with Crippen LogP contribution in [-0.4, -0.2) is 29.8 Å². The highest BCUT2D eigenvalue weighted by molar-refractivity contribution is 6.18. The summed E-state index contributed by atoms with van der Waals surface area (Å²) in [6.45, 7) is 3.92. The van der Waals surface area contributed by atoms with Gasteiger partial charge in [-0.1, -0.05) is 0 Å². The zero-order valence-electron chi connectivity index (χ0n) is 5.80. The SMILES string of the molecule is CC(O)COC(C)CCl. The fraction of sp³-hybridized carbons (Fsp3) is 1.00. The molecule has 0 aliphatic rings. The number of aliphatic hydroxyl groups is 1. The molecule has 0 bridgehead atoms. The number of halogens is 1. The fourth-order valence-corrected chi connectivity index (χ4v) is 0.437. The van der Waals surface area contributed by atoms with E-state index >= 15 is 0 Å². The smallest absolute Gasteiger partial charge is 0.0745 e. The molecule has 0 aromatic heterocycles. The molecule has 2 nitrogen and oxygen atoms in total. The Balaban J connectivity index is 3.06. The first-order valence-corrected chi connectivity index (χ1v) is 3.56. The predicted octanol–water partition coefficient (Wildman–Crippen LogP) is 1.01. The van der Waals surface area contributed by atoms with Crippen molar-refractivity contribution in [2.75, 3.05) is 12.5 Å². The van der Waals surface area contributed by atoms with E-state index in [0.29, 0.717) is 12.5 Å². The lowest BCUT2D eigenvalue weighted by Crippen LogP contribution is -2.17. The first-order chi connectivity index (χ1) is 4.16. The topological polar surface area (TPSA) is 29.5 Å². The summed E-state index contributed by atoms with van der Waals surface area (Å²) in [6.07, 6.45) is -0.350. The van der Waals surface area contributed by atoms with E-state index in [-0.39, 0.29) is 6.10 Å². The second kappa shape index (κ2) is 5.03. The minimum Gasteiger partial charge on any atom is -0.391 e. The standard InChI is InChI=1S/C6H13ClO2/c1-5(8)4-9-6(2)3-7/h5-6,8H,3-4H2,1-2H3. The van der Waals surface area contributed by atoms with Crippen LogP contribution in [0.1, 0.15) is 13.8 Å². The minimum atomic E-state index is -0.393. The Labute approximate surface area is 60.8 Å². The molecule has 0 fully saturated rings. The summed E-state index contributed by atoms with van der Waals surface area (Å²) >= 11 is 5.43. The Morgan fingerprint density at radius 3 is 2.44 bits per heavy atom. The van der Waals surface area contributed by atoms with Crippen LogP contribution in [0.25, 0.3) is 0 Å². The Morgan fingerprint density at radius 1 is 1.56 bits per heavy atom. The van der Waals surface area contributed by atoms with Gasteiger partial charge in [0.25, 0.3) is 0 Å². The lowest BCUT2D eigenvalue weighted by Gasteiger charge is -2.10. The third-order valence-electron chi connectivity index (χ3n) is 0.839. The third kappa shape index (κ3) is 6.09. The molecule has 0 saturated carbocycles. The number of alkyl halides is 1. The number of aliphatic hydroxyl groups excluding tert-OH is 1. The van der Waals surface area contributed by atoms with Gasteiger partial charge in [-0.15, -0.1) is 11.6 Å². The molecule has 0 aliphatic heterocycles. The van der Waals surface area contributed by atoms with Crippen molar-refractivity contribution in [1.29, 1.82) is 0 Å². The van der Waals surface area contributed by atoms with Crippen LogP contribution in [0.2, 0.25) is 0 Å². The highest BCUT2D eigenvalue weighted by Gasteiger charge is 2.00. The van der Waals surface area contributed by atoms with E-state index in [1.165, 1.54) is 0 Å². The Kier molecular flexibility index (Phi) is 5.15. The summed E-state index contributed by atoms with van der Waals surface area (Å²) < 4.78 is 5.07. The van der Waals surface area contributed by atoms with Gasteiger partial charge in [-0.05, 0) is 13.8 Å². The van der Waals surface area contributed by atoms with Crippen molar-refractivity contribution < 1.29 is 9.84 Å². The lowest BCUT2D eigenvalue weighted by atomic mass is 10.4. The zero-order valence-corrected chi connectivity index (χ0v) is 6.56. The largest absolute Gasteiger partial charge is 0.391 e. The van der Waals surface area contributed by atoms with Crippen LogP contribution in [0.15, 0.2) is 0 Å². The van der Waals surface area contributed by atoms with Crippen LogP contribution in [0.3, 0.4) is 0 Å². The summed E-state index contributed by atoms with van der Waals surface area (Å²) in [5, 5.41) is 8.73. The first-order valence-electron chi connectivity index (χ1n) is 3.02. The van der Waals surface area contributed by atoms with Gasteiger partial charge in [0.1, 0.15) is 0 Å². The minimum absolute atomic E-state index is 0.0428. The van der Waals surface area contributed by atoms with Gasteiger partial charge in [0.2, 0.25) is 0 Å². The summed E-state index contributed by atoms with van der Waals surface area (Å²) in [5.41, 5.74) is 0. The normalized spacial score (nSPS) is 17.3. The van der Waals surface area contributed by atoms with E-state index in [9.17, 15) is 0 Å². The van der Waals surface area contributed by atoms with E-state index < -0.39 is 6.10 Å². The van der Waals surface area contributed by atoms with Gasteiger partial charge < -0.3 is 9.84 Å². The van der Waals surface area contributed by atoms with Crippen molar-refractivity contribution in [1.82, 2.24) is 0 Å². The van der Waals surface area contributed by atoms with Gasteiger partial charge in [0.15, 0.2) is 0 Å². The Bertz CT molecular complexity index is 66.1. The lowest BCUT2D eigenvalue weighted by molar-refractivity contribution is 0.0148. The Morgan fingerprint density at radius 2 is 2.11 bits per heavy atom. The second-order valence-electron chi connectivity index (χ2n) is 2.15. The molecule has 0 aromatic carbocycles. The van der Waals surface area contributed by atoms with Gasteiger partial charge in [-0.2, -0.15) is 0 Å². The molecule has 0 radical (unpaired) electrons. The molecule has 2 atom stereocenters. The number of rotatable bonds is 4. The quantitative estimate of drug-likeness (QED) is 0.610. The summed E-state index contributed by atoms with van der Waals surface area (Å²) in [7, 11) is 0. The molecule has 0 aromatic rings. The summed E-state index contributed by atoms with van der Waals surface area (Å²) in [6, 6.07) is 0. The van der Waals surface area contributed by atoms with Gasteiger partial charge in [0, 0.05) is 5.88 Å². The highest BCUT2D eigenvalue weighted by Crippen LogP contribution is 1.94. The van der Waals surface area contributed by atoms with Crippen molar-refractivity contribution in [2.24, 2.45) is 0 Å². The van der Waals surface area contributed by atoms with Crippen molar-refractivity contribution in [3.63, 3.8) is 0 Å². The molecule has 0 saturated heterocycles. The van der Waals surface area contributed by atoms with E-state index in [4.69, 9.17) is 21.4 Å². The molecule has 0 amide bonds. The first kappa shape index (κ1) is 9.21. The maximum Gasteiger partial charge on any atom is 0.0745 e. The van der Waals surface area contributed by atoms with Crippen LogP contribution in [0, 0.1) is 0 Å². The van der Waals surface area contributed by atoms with Crippen LogP contribution >= 0.6 is 11.6 Å². The average molecular weight is 153 g/mol. The molecule has 2 unspecified atom stereocenters.